The van der Waals surface area contributed by atoms with Crippen molar-refractivity contribution in [1.29, 1.82) is 0 Å². The molecule has 2 rings (SSSR count). The Morgan fingerprint density at radius 3 is 2.50 bits per heavy atom. The predicted octanol–water partition coefficient (Wildman–Crippen LogP) is 2.32. The van der Waals surface area contributed by atoms with Crippen molar-refractivity contribution in [1.82, 2.24) is 14.8 Å². The molecule has 0 saturated carbocycles. The summed E-state index contributed by atoms with van der Waals surface area (Å²) < 4.78 is 0. The van der Waals surface area contributed by atoms with Crippen LogP contribution in [0.4, 0.5) is 0 Å². The number of thiazole rings is 1. The monoisotopic (exact) mass is 315 g/mol. The van der Waals surface area contributed by atoms with Crippen LogP contribution in [0, 0.1) is 0 Å². The quantitative estimate of drug-likeness (QED) is 0.803. The molecule has 0 N–H and O–H groups in total. The van der Waals surface area contributed by atoms with Crippen LogP contribution >= 0.6 is 22.9 Å². The number of carbonyl (C=O) groups excluding carboxylic acids is 1. The Hall–Kier alpha value is -0.650. The summed E-state index contributed by atoms with van der Waals surface area (Å²) in [5.74, 6) is 0.122. The number of amides is 1. The number of hydrogen-bond acceptors (Lipinski definition) is 4. The molecule has 0 unspecified atom stereocenters. The standard InChI is InChI=1S/C14H22ClN3OS/c1-14(2,3)11-10-20-12(16-11)9-17-4-6-18(7-5-17)13(19)8-15/h10H,4-9H2,1-3H3. The van der Waals surface area contributed by atoms with Crippen molar-refractivity contribution in [2.75, 3.05) is 32.1 Å². The Bertz CT molecular complexity index is 461. The molecule has 0 aromatic carbocycles. The van der Waals surface area contributed by atoms with Gasteiger partial charge in [0.1, 0.15) is 10.9 Å². The van der Waals surface area contributed by atoms with Crippen LogP contribution in [0.5, 0.6) is 0 Å². The van der Waals surface area contributed by atoms with Gasteiger partial charge < -0.3 is 4.90 Å². The summed E-state index contributed by atoms with van der Waals surface area (Å²) in [6.45, 7) is 10.8. The summed E-state index contributed by atoms with van der Waals surface area (Å²) in [5.41, 5.74) is 1.27. The highest BCUT2D eigenvalue weighted by atomic mass is 35.5. The number of piperazine rings is 1. The van der Waals surface area contributed by atoms with E-state index in [2.05, 4.69) is 31.1 Å². The molecule has 0 radical (unpaired) electrons. The lowest BCUT2D eigenvalue weighted by Gasteiger charge is -2.33. The fraction of sp³-hybridized carbons (Fsp3) is 0.714. The number of nitrogens with zero attached hydrogens (tertiary/aromatic N) is 3. The lowest BCUT2D eigenvalue weighted by molar-refractivity contribution is -0.130. The Balaban J connectivity index is 1.87. The van der Waals surface area contributed by atoms with Gasteiger partial charge in [-0.2, -0.15) is 0 Å². The molecule has 0 bridgehead atoms. The zero-order chi connectivity index (χ0) is 14.8. The van der Waals surface area contributed by atoms with Gasteiger partial charge in [-0.15, -0.1) is 22.9 Å². The smallest absolute Gasteiger partial charge is 0.237 e. The summed E-state index contributed by atoms with van der Waals surface area (Å²) in [6, 6.07) is 0. The predicted molar refractivity (Wildman–Crippen MR) is 83.4 cm³/mol. The number of hydrogen-bond donors (Lipinski definition) is 0. The highest BCUT2D eigenvalue weighted by Gasteiger charge is 2.22. The minimum absolute atomic E-state index is 0.0376. The first-order valence-corrected chi connectivity index (χ1v) is 8.32. The zero-order valence-electron chi connectivity index (χ0n) is 12.4. The molecule has 0 spiro atoms. The number of aromatic nitrogens is 1. The van der Waals surface area contributed by atoms with Crippen molar-refractivity contribution in [3.63, 3.8) is 0 Å². The molecule has 1 aromatic rings. The van der Waals surface area contributed by atoms with Gasteiger partial charge in [0.25, 0.3) is 0 Å². The van der Waals surface area contributed by atoms with E-state index in [1.807, 2.05) is 4.90 Å². The summed E-state index contributed by atoms with van der Waals surface area (Å²) in [4.78, 5) is 20.4. The van der Waals surface area contributed by atoms with Crippen LogP contribution in [-0.2, 0) is 16.8 Å². The van der Waals surface area contributed by atoms with Gasteiger partial charge in [0.15, 0.2) is 0 Å². The minimum atomic E-state index is 0.0376. The third-order valence-electron chi connectivity index (χ3n) is 3.52. The number of carbonyl (C=O) groups is 1. The van der Waals surface area contributed by atoms with E-state index in [0.717, 1.165) is 43.4 Å². The molecule has 1 amide bonds. The van der Waals surface area contributed by atoms with Gasteiger partial charge in [0.05, 0.1) is 12.2 Å². The van der Waals surface area contributed by atoms with Crippen LogP contribution < -0.4 is 0 Å². The molecule has 1 fully saturated rings. The summed E-state index contributed by atoms with van der Waals surface area (Å²) >= 11 is 7.31. The molecular weight excluding hydrogens is 294 g/mol. The first-order chi connectivity index (χ1) is 9.40. The van der Waals surface area contributed by atoms with Crippen LogP contribution in [0.15, 0.2) is 5.38 Å². The molecular formula is C14H22ClN3OS. The molecule has 6 heteroatoms. The molecule has 1 aliphatic rings. The van der Waals surface area contributed by atoms with Gasteiger partial charge in [0.2, 0.25) is 5.91 Å². The first kappa shape index (κ1) is 15.7. The lowest BCUT2D eigenvalue weighted by Crippen LogP contribution is -2.48. The molecule has 1 aliphatic heterocycles. The van der Waals surface area contributed by atoms with Crippen molar-refractivity contribution < 1.29 is 4.79 Å². The summed E-state index contributed by atoms with van der Waals surface area (Å²) in [5, 5.41) is 3.31. The number of rotatable bonds is 3. The van der Waals surface area contributed by atoms with Crippen molar-refractivity contribution in [2.45, 2.75) is 32.7 Å². The van der Waals surface area contributed by atoms with Crippen LogP contribution in [0.1, 0.15) is 31.5 Å². The van der Waals surface area contributed by atoms with Crippen molar-refractivity contribution in [3.8, 4) is 0 Å². The van der Waals surface area contributed by atoms with Crippen LogP contribution in [-0.4, -0.2) is 52.8 Å². The second-order valence-corrected chi connectivity index (χ2v) is 7.38. The van der Waals surface area contributed by atoms with Gasteiger partial charge in [-0.25, -0.2) is 4.98 Å². The topological polar surface area (TPSA) is 36.4 Å². The van der Waals surface area contributed by atoms with E-state index in [4.69, 9.17) is 16.6 Å². The highest BCUT2D eigenvalue weighted by molar-refractivity contribution is 7.09. The molecule has 1 aromatic heterocycles. The third-order valence-corrected chi connectivity index (χ3v) is 4.58. The maximum absolute atomic E-state index is 11.5. The molecule has 0 aliphatic carbocycles. The summed E-state index contributed by atoms with van der Waals surface area (Å²) in [7, 11) is 0. The van der Waals surface area contributed by atoms with E-state index in [-0.39, 0.29) is 17.2 Å². The Morgan fingerprint density at radius 1 is 1.35 bits per heavy atom. The molecule has 4 nitrogen and oxygen atoms in total. The van der Waals surface area contributed by atoms with E-state index in [9.17, 15) is 4.79 Å². The minimum Gasteiger partial charge on any atom is -0.339 e. The van der Waals surface area contributed by atoms with E-state index in [1.165, 1.54) is 0 Å². The lowest BCUT2D eigenvalue weighted by atomic mass is 9.93. The maximum atomic E-state index is 11.5. The van der Waals surface area contributed by atoms with Crippen molar-refractivity contribution in [3.05, 3.63) is 16.1 Å². The maximum Gasteiger partial charge on any atom is 0.237 e. The molecule has 0 atom stereocenters. The number of halogens is 1. The highest BCUT2D eigenvalue weighted by Crippen LogP contribution is 2.24. The fourth-order valence-corrected chi connectivity index (χ4v) is 3.39. The van der Waals surface area contributed by atoms with Crippen LogP contribution in [0.3, 0.4) is 0 Å². The van der Waals surface area contributed by atoms with Crippen molar-refractivity contribution >= 4 is 28.8 Å². The normalized spacial score (nSPS) is 17.5. The Morgan fingerprint density at radius 2 is 2.00 bits per heavy atom. The van der Waals surface area contributed by atoms with Crippen LogP contribution in [0.2, 0.25) is 0 Å². The second kappa shape index (κ2) is 6.41. The third kappa shape index (κ3) is 3.93. The van der Waals surface area contributed by atoms with E-state index in [0.29, 0.717) is 0 Å². The average molecular weight is 316 g/mol. The zero-order valence-corrected chi connectivity index (χ0v) is 13.9. The number of alkyl halides is 1. The largest absolute Gasteiger partial charge is 0.339 e. The van der Waals surface area contributed by atoms with Gasteiger partial charge in [-0.05, 0) is 0 Å². The molecule has 20 heavy (non-hydrogen) atoms. The van der Waals surface area contributed by atoms with E-state index >= 15 is 0 Å². The molecule has 2 heterocycles. The van der Waals surface area contributed by atoms with Gasteiger partial charge >= 0.3 is 0 Å². The van der Waals surface area contributed by atoms with Gasteiger partial charge in [0, 0.05) is 37.0 Å². The second-order valence-electron chi connectivity index (χ2n) is 6.17. The molecule has 112 valence electrons. The average Bonchev–Trinajstić information content (AvgIpc) is 2.87. The van der Waals surface area contributed by atoms with Crippen LogP contribution in [0.25, 0.3) is 0 Å². The first-order valence-electron chi connectivity index (χ1n) is 6.91. The Kier molecular flexibility index (Phi) is 5.04. The SMILES string of the molecule is CC(C)(C)c1csc(CN2CCN(C(=O)CCl)CC2)n1. The fourth-order valence-electron chi connectivity index (χ4n) is 2.16. The van der Waals surface area contributed by atoms with Crippen molar-refractivity contribution in [2.24, 2.45) is 0 Å². The van der Waals surface area contributed by atoms with Gasteiger partial charge in [-0.1, -0.05) is 20.8 Å². The van der Waals surface area contributed by atoms with E-state index < -0.39 is 0 Å². The Labute approximate surface area is 129 Å². The summed E-state index contributed by atoms with van der Waals surface area (Å²) in [6.07, 6.45) is 0. The van der Waals surface area contributed by atoms with Gasteiger partial charge in [-0.3, -0.25) is 9.69 Å². The molecule has 1 saturated heterocycles. The van der Waals surface area contributed by atoms with E-state index in [1.54, 1.807) is 11.3 Å².